The third-order valence-electron chi connectivity index (χ3n) is 3.26. The average Bonchev–Trinajstić information content (AvgIpc) is 2.35. The predicted molar refractivity (Wildman–Crippen MR) is 39.3 cm³/mol. The first kappa shape index (κ1) is 5.16. The van der Waals surface area contributed by atoms with Gasteiger partial charge in [0.15, 0.2) is 0 Å². The Labute approximate surface area is 60.9 Å². The standard InChI is InChI=1S/C8H12N2/c1-2-7-6(1)5-8-9-3-4-10(7)8/h6-7H,1-5H2/p+1. The van der Waals surface area contributed by atoms with Crippen LogP contribution in [0.1, 0.15) is 19.3 Å². The fraction of sp³-hybridized carbons (Fsp3) is 0.875. The first-order chi connectivity index (χ1) is 4.95. The van der Waals surface area contributed by atoms with Crippen LogP contribution in [-0.4, -0.2) is 29.5 Å². The highest BCUT2D eigenvalue weighted by atomic mass is 15.2. The largest absolute Gasteiger partial charge is 0.274 e. The zero-order valence-corrected chi connectivity index (χ0v) is 6.14. The van der Waals surface area contributed by atoms with Gasteiger partial charge in [-0.3, -0.25) is 9.89 Å². The van der Waals surface area contributed by atoms with Gasteiger partial charge in [-0.15, -0.1) is 0 Å². The topological polar surface area (TPSA) is 15.0 Å². The Hall–Kier alpha value is -0.530. The molecule has 10 heavy (non-hydrogen) atoms. The Morgan fingerprint density at radius 1 is 1.40 bits per heavy atom. The lowest BCUT2D eigenvalue weighted by Gasteiger charge is -2.29. The molecule has 0 saturated heterocycles. The molecule has 1 saturated carbocycles. The Kier molecular flexibility index (Phi) is 0.800. The fourth-order valence-corrected chi connectivity index (χ4v) is 2.56. The van der Waals surface area contributed by atoms with E-state index in [1.165, 1.54) is 32.4 Å². The molecule has 1 fully saturated rings. The lowest BCUT2D eigenvalue weighted by molar-refractivity contribution is -0.567. The van der Waals surface area contributed by atoms with Gasteiger partial charge < -0.3 is 0 Å². The number of amidine groups is 1. The molecule has 0 aromatic carbocycles. The van der Waals surface area contributed by atoms with E-state index in [1.807, 2.05) is 0 Å². The zero-order valence-electron chi connectivity index (χ0n) is 6.14. The van der Waals surface area contributed by atoms with Crippen molar-refractivity contribution in [2.45, 2.75) is 25.3 Å². The molecule has 0 spiro atoms. The summed E-state index contributed by atoms with van der Waals surface area (Å²) in [5, 5.41) is 3.46. The normalized spacial score (nSPS) is 42.4. The van der Waals surface area contributed by atoms with Gasteiger partial charge in [-0.1, -0.05) is 0 Å². The maximum Gasteiger partial charge on any atom is 0.245 e. The second-order valence-corrected chi connectivity index (χ2v) is 3.68. The van der Waals surface area contributed by atoms with E-state index < -0.39 is 0 Å². The molecule has 0 aromatic heterocycles. The molecule has 2 nitrogen and oxygen atoms in total. The third-order valence-corrected chi connectivity index (χ3v) is 3.26. The number of hydrogen-bond donors (Lipinski definition) is 1. The minimum atomic E-state index is 0.949. The van der Waals surface area contributed by atoms with E-state index in [-0.39, 0.29) is 0 Å². The first-order valence-electron chi connectivity index (χ1n) is 4.31. The molecule has 2 heteroatoms. The predicted octanol–water partition coefficient (Wildman–Crippen LogP) is 0.183. The molecule has 2 unspecified atom stereocenters. The summed E-state index contributed by atoms with van der Waals surface area (Å²) in [5.41, 5.74) is 0. The summed E-state index contributed by atoms with van der Waals surface area (Å²) in [6.07, 6.45) is 4.28. The Morgan fingerprint density at radius 2 is 2.40 bits per heavy atom. The van der Waals surface area contributed by atoms with E-state index in [9.17, 15) is 0 Å². The molecule has 54 valence electrons. The highest BCUT2D eigenvalue weighted by Crippen LogP contribution is 2.38. The Balaban J connectivity index is 1.96. The number of hydrogen-bond acceptors (Lipinski definition) is 1. The van der Waals surface area contributed by atoms with Crippen LogP contribution < -0.4 is 5.32 Å². The van der Waals surface area contributed by atoms with Gasteiger partial charge >= 0.3 is 0 Å². The van der Waals surface area contributed by atoms with E-state index in [4.69, 9.17) is 0 Å². The molecule has 0 radical (unpaired) electrons. The van der Waals surface area contributed by atoms with Crippen molar-refractivity contribution in [3.05, 3.63) is 0 Å². The van der Waals surface area contributed by atoms with Gasteiger partial charge in [-0.25, -0.2) is 0 Å². The SMILES string of the molecule is C1C[N+]2=C(CC3CCC32)N1. The quantitative estimate of drug-likeness (QED) is 0.471. The van der Waals surface area contributed by atoms with Gasteiger partial charge in [0.1, 0.15) is 13.1 Å². The van der Waals surface area contributed by atoms with Crippen LogP contribution in [0.3, 0.4) is 0 Å². The minimum Gasteiger partial charge on any atom is -0.274 e. The molecule has 0 bridgehead atoms. The maximum absolute atomic E-state index is 3.46. The molecule has 1 N–H and O–H groups in total. The van der Waals surface area contributed by atoms with Crippen molar-refractivity contribution in [2.75, 3.05) is 13.1 Å². The van der Waals surface area contributed by atoms with Crippen molar-refractivity contribution in [3.8, 4) is 0 Å². The van der Waals surface area contributed by atoms with Crippen LogP contribution in [0, 0.1) is 5.92 Å². The van der Waals surface area contributed by atoms with Crippen LogP contribution >= 0.6 is 0 Å². The van der Waals surface area contributed by atoms with E-state index in [1.54, 1.807) is 5.84 Å². The monoisotopic (exact) mass is 137 g/mol. The molecule has 2 aliphatic heterocycles. The molecular weight excluding hydrogens is 124 g/mol. The zero-order chi connectivity index (χ0) is 6.55. The Bertz CT molecular complexity index is 207. The number of nitrogens with zero attached hydrogens (tertiary/aromatic N) is 1. The highest BCUT2D eigenvalue weighted by molar-refractivity contribution is 5.80. The summed E-state index contributed by atoms with van der Waals surface area (Å²) >= 11 is 0. The van der Waals surface area contributed by atoms with Gasteiger partial charge in [0.05, 0.1) is 12.5 Å². The summed E-state index contributed by atoms with van der Waals surface area (Å²) in [6, 6.07) is 0.949. The van der Waals surface area contributed by atoms with Gasteiger partial charge in [0, 0.05) is 5.92 Å². The number of rotatable bonds is 0. The molecule has 2 atom stereocenters. The minimum absolute atomic E-state index is 0.949. The van der Waals surface area contributed by atoms with E-state index >= 15 is 0 Å². The third kappa shape index (κ3) is 0.446. The lowest BCUT2D eigenvalue weighted by atomic mass is 9.79. The van der Waals surface area contributed by atoms with E-state index in [0.29, 0.717) is 0 Å². The highest BCUT2D eigenvalue weighted by Gasteiger charge is 2.47. The second-order valence-electron chi connectivity index (χ2n) is 3.68. The van der Waals surface area contributed by atoms with Gasteiger partial charge in [-0.05, 0) is 12.8 Å². The molecule has 0 aromatic rings. The van der Waals surface area contributed by atoms with Crippen LogP contribution in [-0.2, 0) is 0 Å². The summed E-state index contributed by atoms with van der Waals surface area (Å²) in [7, 11) is 0. The summed E-state index contributed by atoms with van der Waals surface area (Å²) in [4.78, 5) is 0. The average molecular weight is 137 g/mol. The van der Waals surface area contributed by atoms with Crippen molar-refractivity contribution >= 4 is 5.84 Å². The van der Waals surface area contributed by atoms with Crippen LogP contribution in [0.4, 0.5) is 0 Å². The molecule has 1 aliphatic carbocycles. The van der Waals surface area contributed by atoms with Crippen molar-refractivity contribution in [1.82, 2.24) is 5.32 Å². The van der Waals surface area contributed by atoms with Gasteiger partial charge in [0.25, 0.3) is 0 Å². The van der Waals surface area contributed by atoms with Crippen LogP contribution in [0.2, 0.25) is 0 Å². The summed E-state index contributed by atoms with van der Waals surface area (Å²) in [5.74, 6) is 2.58. The smallest absolute Gasteiger partial charge is 0.245 e. The van der Waals surface area contributed by atoms with Crippen LogP contribution in [0.5, 0.6) is 0 Å². The van der Waals surface area contributed by atoms with Gasteiger partial charge in [-0.2, -0.15) is 0 Å². The molecule has 3 aliphatic rings. The Morgan fingerprint density at radius 3 is 3.20 bits per heavy atom. The van der Waals surface area contributed by atoms with Gasteiger partial charge in [0.2, 0.25) is 5.84 Å². The molecular formula is C8H13N2+. The summed E-state index contributed by atoms with van der Waals surface area (Å²) < 4.78 is 2.59. The number of nitrogens with one attached hydrogen (secondary N) is 1. The molecule has 0 amide bonds. The van der Waals surface area contributed by atoms with Crippen molar-refractivity contribution in [2.24, 2.45) is 5.92 Å². The summed E-state index contributed by atoms with van der Waals surface area (Å²) in [6.45, 7) is 2.47. The van der Waals surface area contributed by atoms with Crippen molar-refractivity contribution < 1.29 is 4.58 Å². The van der Waals surface area contributed by atoms with E-state index in [0.717, 1.165) is 12.0 Å². The van der Waals surface area contributed by atoms with Crippen LogP contribution in [0.15, 0.2) is 0 Å². The molecule has 2 heterocycles. The first-order valence-corrected chi connectivity index (χ1v) is 4.31. The second kappa shape index (κ2) is 1.55. The van der Waals surface area contributed by atoms with Crippen molar-refractivity contribution in [1.29, 1.82) is 0 Å². The number of fused-ring (bicyclic) bond motifs is 2. The maximum atomic E-state index is 3.46. The molecule has 3 rings (SSSR count). The lowest BCUT2D eigenvalue weighted by Crippen LogP contribution is -2.36. The van der Waals surface area contributed by atoms with Crippen LogP contribution in [0.25, 0.3) is 0 Å². The fourth-order valence-electron chi connectivity index (χ4n) is 2.56. The van der Waals surface area contributed by atoms with E-state index in [2.05, 4.69) is 9.89 Å². The van der Waals surface area contributed by atoms with Crippen molar-refractivity contribution in [3.63, 3.8) is 0 Å².